The number of aromatic nitrogens is 1. The van der Waals surface area contributed by atoms with Crippen LogP contribution in [0, 0.1) is 12.8 Å². The molecule has 0 spiro atoms. The topological polar surface area (TPSA) is 50.9 Å². The minimum Gasteiger partial charge on any atom is -0.323 e. The second-order valence-corrected chi connectivity index (χ2v) is 4.87. The molecule has 0 aliphatic carbocycles. The molecule has 0 saturated carbocycles. The number of nitrogens with two attached hydrogens (primary N) is 1. The molecule has 2 rings (SSSR count). The van der Waals surface area contributed by atoms with Gasteiger partial charge in [0.2, 0.25) is 0 Å². The number of hydrogen-bond donors (Lipinski definition) is 2. The zero-order valence-electron chi connectivity index (χ0n) is 10.6. The smallest absolute Gasteiger partial charge is 0.0755 e. The van der Waals surface area contributed by atoms with Crippen molar-refractivity contribution in [2.45, 2.75) is 27.2 Å². The lowest BCUT2D eigenvalue weighted by atomic mass is 10.0. The molecule has 17 heavy (non-hydrogen) atoms. The fourth-order valence-corrected chi connectivity index (χ4v) is 2.09. The van der Waals surface area contributed by atoms with Gasteiger partial charge in [-0.05, 0) is 30.9 Å². The van der Waals surface area contributed by atoms with Gasteiger partial charge in [0, 0.05) is 11.1 Å². The van der Waals surface area contributed by atoms with Crippen LogP contribution in [0.25, 0.3) is 10.9 Å². The SMILES string of the molecule is Cc1cccc2c(NN)cc(CC(C)C)nc12. The van der Waals surface area contributed by atoms with Crippen molar-refractivity contribution in [3.8, 4) is 0 Å². The third-order valence-corrected chi connectivity index (χ3v) is 2.87. The summed E-state index contributed by atoms with van der Waals surface area (Å²) in [7, 11) is 0. The van der Waals surface area contributed by atoms with Crippen LogP contribution in [0.1, 0.15) is 25.1 Å². The number of benzene rings is 1. The maximum atomic E-state index is 5.59. The maximum Gasteiger partial charge on any atom is 0.0755 e. The summed E-state index contributed by atoms with van der Waals surface area (Å²) in [5, 5.41) is 1.08. The first-order valence-electron chi connectivity index (χ1n) is 5.97. The van der Waals surface area contributed by atoms with Crippen LogP contribution in [0.4, 0.5) is 5.69 Å². The number of hydrogen-bond acceptors (Lipinski definition) is 3. The van der Waals surface area contributed by atoms with E-state index in [4.69, 9.17) is 10.8 Å². The van der Waals surface area contributed by atoms with Crippen LogP contribution in [0.2, 0.25) is 0 Å². The Hall–Kier alpha value is -1.61. The van der Waals surface area contributed by atoms with Crippen LogP contribution in [0.15, 0.2) is 24.3 Å². The van der Waals surface area contributed by atoms with Gasteiger partial charge < -0.3 is 5.43 Å². The average Bonchev–Trinajstić information content (AvgIpc) is 2.28. The van der Waals surface area contributed by atoms with Crippen molar-refractivity contribution >= 4 is 16.6 Å². The normalized spacial score (nSPS) is 11.1. The van der Waals surface area contributed by atoms with E-state index >= 15 is 0 Å². The summed E-state index contributed by atoms with van der Waals surface area (Å²) in [6.07, 6.45) is 0.971. The van der Waals surface area contributed by atoms with E-state index in [9.17, 15) is 0 Å². The predicted octanol–water partition coefficient (Wildman–Crippen LogP) is 3.03. The summed E-state index contributed by atoms with van der Waals surface area (Å²) in [5.74, 6) is 6.18. The number of nitrogen functional groups attached to an aromatic ring is 1. The van der Waals surface area contributed by atoms with Crippen LogP contribution < -0.4 is 11.3 Å². The number of hydrazine groups is 1. The van der Waals surface area contributed by atoms with Crippen molar-refractivity contribution in [1.82, 2.24) is 4.98 Å². The zero-order valence-corrected chi connectivity index (χ0v) is 10.6. The van der Waals surface area contributed by atoms with E-state index in [2.05, 4.69) is 32.3 Å². The number of pyridine rings is 1. The van der Waals surface area contributed by atoms with Crippen LogP contribution in [-0.2, 0) is 6.42 Å². The highest BCUT2D eigenvalue weighted by Gasteiger charge is 2.07. The maximum absolute atomic E-state index is 5.59. The Kier molecular flexibility index (Phi) is 3.29. The molecule has 90 valence electrons. The van der Waals surface area contributed by atoms with Crippen LogP contribution in [-0.4, -0.2) is 4.98 Å². The number of nitrogens with one attached hydrogen (secondary N) is 1. The summed E-state index contributed by atoms with van der Waals surface area (Å²) in [5.41, 5.74) is 7.04. The molecule has 0 atom stereocenters. The summed E-state index contributed by atoms with van der Waals surface area (Å²) in [6.45, 7) is 6.47. The molecular weight excluding hydrogens is 210 g/mol. The second-order valence-electron chi connectivity index (χ2n) is 4.87. The Labute approximate surface area is 102 Å². The molecule has 0 radical (unpaired) electrons. The summed E-state index contributed by atoms with van der Waals surface area (Å²) < 4.78 is 0. The van der Waals surface area contributed by atoms with Gasteiger partial charge in [0.1, 0.15) is 0 Å². The zero-order chi connectivity index (χ0) is 12.4. The number of rotatable bonds is 3. The van der Waals surface area contributed by atoms with Gasteiger partial charge in [0.05, 0.1) is 11.2 Å². The lowest BCUT2D eigenvalue weighted by molar-refractivity contribution is 0.637. The highest BCUT2D eigenvalue weighted by molar-refractivity contribution is 5.93. The molecule has 3 nitrogen and oxygen atoms in total. The molecule has 0 bridgehead atoms. The lowest BCUT2D eigenvalue weighted by Gasteiger charge is -2.11. The van der Waals surface area contributed by atoms with Gasteiger partial charge in [-0.25, -0.2) is 0 Å². The fourth-order valence-electron chi connectivity index (χ4n) is 2.09. The number of fused-ring (bicyclic) bond motifs is 1. The van der Waals surface area contributed by atoms with Crippen molar-refractivity contribution in [3.05, 3.63) is 35.5 Å². The van der Waals surface area contributed by atoms with Gasteiger partial charge in [0.25, 0.3) is 0 Å². The first-order valence-corrected chi connectivity index (χ1v) is 5.97. The number of aryl methyl sites for hydroxylation is 1. The Morgan fingerprint density at radius 3 is 2.76 bits per heavy atom. The van der Waals surface area contributed by atoms with E-state index in [-0.39, 0.29) is 0 Å². The fraction of sp³-hybridized carbons (Fsp3) is 0.357. The molecule has 0 saturated heterocycles. The molecule has 1 aromatic heterocycles. The van der Waals surface area contributed by atoms with Gasteiger partial charge in [-0.3, -0.25) is 10.8 Å². The highest BCUT2D eigenvalue weighted by Crippen LogP contribution is 2.25. The lowest BCUT2D eigenvalue weighted by Crippen LogP contribution is -2.09. The van der Waals surface area contributed by atoms with Gasteiger partial charge in [-0.1, -0.05) is 32.0 Å². The second kappa shape index (κ2) is 4.72. The molecule has 0 aliphatic heterocycles. The molecule has 0 fully saturated rings. The van der Waals surface area contributed by atoms with Gasteiger partial charge >= 0.3 is 0 Å². The third-order valence-electron chi connectivity index (χ3n) is 2.87. The molecule has 0 aliphatic rings. The predicted molar refractivity (Wildman–Crippen MR) is 72.8 cm³/mol. The van der Waals surface area contributed by atoms with E-state index in [0.717, 1.165) is 28.7 Å². The number of anilines is 1. The van der Waals surface area contributed by atoms with Crippen LogP contribution in [0.5, 0.6) is 0 Å². The Bertz CT molecular complexity index is 532. The molecule has 1 heterocycles. The van der Waals surface area contributed by atoms with Gasteiger partial charge in [-0.15, -0.1) is 0 Å². The third kappa shape index (κ3) is 2.39. The quantitative estimate of drug-likeness (QED) is 0.628. The summed E-state index contributed by atoms with van der Waals surface area (Å²) in [4.78, 5) is 4.73. The van der Waals surface area contributed by atoms with E-state index in [1.165, 1.54) is 5.56 Å². The molecule has 3 N–H and O–H groups in total. The first kappa shape index (κ1) is 11.9. The largest absolute Gasteiger partial charge is 0.323 e. The molecule has 0 unspecified atom stereocenters. The molecule has 2 aromatic rings. The van der Waals surface area contributed by atoms with Crippen LogP contribution >= 0.6 is 0 Å². The summed E-state index contributed by atoms with van der Waals surface area (Å²) in [6, 6.07) is 8.20. The van der Waals surface area contributed by atoms with E-state index in [1.54, 1.807) is 0 Å². The Balaban J connectivity index is 2.63. The molecule has 0 amide bonds. The molecule has 1 aromatic carbocycles. The minimum absolute atomic E-state index is 0.592. The van der Waals surface area contributed by atoms with Crippen molar-refractivity contribution in [2.75, 3.05) is 5.43 Å². The summed E-state index contributed by atoms with van der Waals surface area (Å²) >= 11 is 0. The number of nitrogens with zero attached hydrogens (tertiary/aromatic N) is 1. The molecular formula is C14H19N3. The standard InChI is InChI=1S/C14H19N3/c1-9(2)7-11-8-13(17-15)12-6-4-5-10(3)14(12)16-11/h4-6,8-9H,7,15H2,1-3H3,(H,16,17). The molecule has 3 heteroatoms. The van der Waals surface area contributed by atoms with E-state index in [0.29, 0.717) is 5.92 Å². The Morgan fingerprint density at radius 2 is 2.12 bits per heavy atom. The van der Waals surface area contributed by atoms with Crippen molar-refractivity contribution in [1.29, 1.82) is 0 Å². The number of para-hydroxylation sites is 1. The monoisotopic (exact) mass is 229 g/mol. The van der Waals surface area contributed by atoms with Crippen molar-refractivity contribution in [2.24, 2.45) is 11.8 Å². The minimum atomic E-state index is 0.592. The van der Waals surface area contributed by atoms with Crippen LogP contribution in [0.3, 0.4) is 0 Å². The van der Waals surface area contributed by atoms with Crippen molar-refractivity contribution < 1.29 is 0 Å². The van der Waals surface area contributed by atoms with Gasteiger partial charge in [-0.2, -0.15) is 0 Å². The average molecular weight is 229 g/mol. The van der Waals surface area contributed by atoms with E-state index < -0.39 is 0 Å². The van der Waals surface area contributed by atoms with Crippen molar-refractivity contribution in [3.63, 3.8) is 0 Å². The van der Waals surface area contributed by atoms with Gasteiger partial charge in [0.15, 0.2) is 0 Å². The van der Waals surface area contributed by atoms with E-state index in [1.807, 2.05) is 18.2 Å². The first-order chi connectivity index (χ1) is 8.11. The highest BCUT2D eigenvalue weighted by atomic mass is 15.2. The Morgan fingerprint density at radius 1 is 1.35 bits per heavy atom.